The van der Waals surface area contributed by atoms with Gasteiger partial charge in [0, 0.05) is 21.3 Å². The van der Waals surface area contributed by atoms with Gasteiger partial charge >= 0.3 is 0 Å². The minimum Gasteiger partial charge on any atom is -0.484 e. The number of H-pyrrole nitrogens is 1. The van der Waals surface area contributed by atoms with Gasteiger partial charge in [0.2, 0.25) is 0 Å². The lowest BCUT2D eigenvalue weighted by Crippen LogP contribution is -2.37. The minimum absolute atomic E-state index is 0.169. The van der Waals surface area contributed by atoms with Crippen LogP contribution in [0.4, 0.5) is 5.69 Å². The number of rotatable bonds is 5. The maximum absolute atomic E-state index is 12.1. The number of nitrogens with one attached hydrogen (secondary N) is 3. The Morgan fingerprint density at radius 3 is 2.48 bits per heavy atom. The smallest absolute Gasteiger partial charge is 0.264 e. The summed E-state index contributed by atoms with van der Waals surface area (Å²) in [6.45, 7) is 3.65. The third-order valence-electron chi connectivity index (χ3n) is 4.93. The zero-order valence-electron chi connectivity index (χ0n) is 17.8. The maximum atomic E-state index is 12.1. The zero-order chi connectivity index (χ0) is 23.5. The summed E-state index contributed by atoms with van der Waals surface area (Å²) in [5.74, 6) is 0.932. The monoisotopic (exact) mass is 498 g/mol. The molecule has 3 N–H and O–H groups in total. The summed E-state index contributed by atoms with van der Waals surface area (Å²) < 4.78 is 5.48. The van der Waals surface area contributed by atoms with Crippen molar-refractivity contribution >= 4 is 63.2 Å². The number of hydrogen-bond donors (Lipinski definition) is 3. The molecule has 6 nitrogen and oxygen atoms in total. The first-order chi connectivity index (χ1) is 15.8. The molecule has 0 spiro atoms. The number of ether oxygens (including phenoxy) is 1. The Morgan fingerprint density at radius 2 is 1.76 bits per heavy atom. The van der Waals surface area contributed by atoms with Gasteiger partial charge in [-0.2, -0.15) is 0 Å². The Bertz CT molecular complexity index is 1310. The van der Waals surface area contributed by atoms with Crippen LogP contribution in [0.25, 0.3) is 22.4 Å². The van der Waals surface area contributed by atoms with Gasteiger partial charge in [0.25, 0.3) is 5.91 Å². The number of hydrogen-bond acceptors (Lipinski definition) is 4. The Kier molecular flexibility index (Phi) is 6.83. The van der Waals surface area contributed by atoms with Crippen LogP contribution < -0.4 is 15.4 Å². The van der Waals surface area contributed by atoms with Crippen molar-refractivity contribution in [3.05, 3.63) is 75.8 Å². The quantitative estimate of drug-likeness (QED) is 0.292. The molecule has 0 radical (unpaired) electrons. The second-order valence-corrected chi connectivity index (χ2v) is 8.71. The molecular weight excluding hydrogens is 479 g/mol. The fraction of sp³-hybridized carbons (Fsp3) is 0.125. The summed E-state index contributed by atoms with van der Waals surface area (Å²) in [4.78, 5) is 20.0. The van der Waals surface area contributed by atoms with Crippen LogP contribution in [0.2, 0.25) is 10.0 Å². The van der Waals surface area contributed by atoms with Crippen LogP contribution in [-0.4, -0.2) is 27.6 Å². The van der Waals surface area contributed by atoms with E-state index in [4.69, 9.17) is 40.2 Å². The molecule has 0 saturated carbocycles. The molecule has 1 heterocycles. The fourth-order valence-corrected chi connectivity index (χ4v) is 3.68. The first-order valence-electron chi connectivity index (χ1n) is 10.0. The van der Waals surface area contributed by atoms with E-state index in [-0.39, 0.29) is 17.6 Å². The predicted molar refractivity (Wildman–Crippen MR) is 137 cm³/mol. The number of benzene rings is 3. The molecule has 0 bridgehead atoms. The van der Waals surface area contributed by atoms with Crippen molar-refractivity contribution in [3.8, 4) is 17.1 Å². The fourth-order valence-electron chi connectivity index (χ4n) is 3.17. The van der Waals surface area contributed by atoms with Crippen LogP contribution in [0.1, 0.15) is 11.1 Å². The van der Waals surface area contributed by atoms with Gasteiger partial charge in [0.15, 0.2) is 11.7 Å². The first kappa shape index (κ1) is 23.0. The van der Waals surface area contributed by atoms with Crippen molar-refractivity contribution in [2.75, 3.05) is 11.9 Å². The lowest BCUT2D eigenvalue weighted by Gasteiger charge is -2.11. The molecule has 0 aliphatic carbocycles. The Morgan fingerprint density at radius 1 is 1.03 bits per heavy atom. The molecule has 0 aliphatic rings. The van der Waals surface area contributed by atoms with E-state index in [2.05, 4.69) is 20.6 Å². The average Bonchev–Trinajstić information content (AvgIpc) is 3.18. The molecule has 0 atom stereocenters. The van der Waals surface area contributed by atoms with Gasteiger partial charge in [-0.15, -0.1) is 0 Å². The number of aryl methyl sites for hydroxylation is 2. The van der Waals surface area contributed by atoms with Gasteiger partial charge in [-0.05, 0) is 91.8 Å². The van der Waals surface area contributed by atoms with Gasteiger partial charge in [0.1, 0.15) is 11.6 Å². The second kappa shape index (κ2) is 9.79. The highest BCUT2D eigenvalue weighted by Gasteiger charge is 2.10. The highest BCUT2D eigenvalue weighted by Crippen LogP contribution is 2.26. The molecule has 0 fully saturated rings. The van der Waals surface area contributed by atoms with E-state index in [1.54, 1.807) is 18.2 Å². The van der Waals surface area contributed by atoms with Crippen molar-refractivity contribution in [2.45, 2.75) is 13.8 Å². The predicted octanol–water partition coefficient (Wildman–Crippen LogP) is 6.05. The van der Waals surface area contributed by atoms with Gasteiger partial charge in [-0.1, -0.05) is 23.2 Å². The van der Waals surface area contributed by atoms with Crippen molar-refractivity contribution in [3.63, 3.8) is 0 Å². The molecule has 168 valence electrons. The molecule has 1 amide bonds. The Labute approximate surface area is 206 Å². The molecule has 4 rings (SSSR count). The zero-order valence-corrected chi connectivity index (χ0v) is 20.2. The third-order valence-corrected chi connectivity index (χ3v) is 5.97. The number of fused-ring (bicyclic) bond motifs is 1. The molecular formula is C24H20Cl2N4O2S. The number of thiocarbonyl (C=S) groups is 1. The number of imidazole rings is 1. The standard InChI is InChI=1S/C24H20Cl2N4O2S/c1-13-9-17(7-8-18(13)25)32-12-22(31)30-24(33)27-16-5-3-15(4-6-16)23-28-20-10-14(2)19(26)11-21(20)29-23/h3-11H,12H2,1-2H3,(H,28,29)(H2,27,30,31,33). The molecule has 0 aliphatic heterocycles. The topological polar surface area (TPSA) is 79.0 Å². The molecule has 9 heteroatoms. The van der Waals surface area contributed by atoms with Crippen molar-refractivity contribution in [1.82, 2.24) is 15.3 Å². The van der Waals surface area contributed by atoms with Crippen LogP contribution in [0.3, 0.4) is 0 Å². The van der Waals surface area contributed by atoms with E-state index >= 15 is 0 Å². The van der Waals surface area contributed by atoms with Crippen LogP contribution in [0, 0.1) is 13.8 Å². The summed E-state index contributed by atoms with van der Waals surface area (Å²) in [5, 5.41) is 7.09. The summed E-state index contributed by atoms with van der Waals surface area (Å²) >= 11 is 17.4. The molecule has 4 aromatic rings. The summed E-state index contributed by atoms with van der Waals surface area (Å²) in [6, 6.07) is 16.5. The molecule has 0 saturated heterocycles. The van der Waals surface area contributed by atoms with Gasteiger partial charge in [0.05, 0.1) is 11.0 Å². The number of aromatic amines is 1. The number of anilines is 1. The minimum atomic E-state index is -0.368. The molecule has 1 aromatic heterocycles. The van der Waals surface area contributed by atoms with Crippen LogP contribution in [0.15, 0.2) is 54.6 Å². The molecule has 33 heavy (non-hydrogen) atoms. The van der Waals surface area contributed by atoms with E-state index in [1.165, 1.54) is 0 Å². The van der Waals surface area contributed by atoms with E-state index in [9.17, 15) is 4.79 Å². The average molecular weight is 499 g/mol. The van der Waals surface area contributed by atoms with Crippen molar-refractivity contribution < 1.29 is 9.53 Å². The number of halogens is 2. The van der Waals surface area contributed by atoms with Gasteiger partial charge in [-0.25, -0.2) is 4.98 Å². The summed E-state index contributed by atoms with van der Waals surface area (Å²) in [7, 11) is 0. The second-order valence-electron chi connectivity index (χ2n) is 7.48. The highest BCUT2D eigenvalue weighted by atomic mass is 35.5. The van der Waals surface area contributed by atoms with Gasteiger partial charge in [-0.3, -0.25) is 10.1 Å². The number of aromatic nitrogens is 2. The van der Waals surface area contributed by atoms with E-state index in [0.717, 1.165) is 39.2 Å². The number of nitrogens with zero attached hydrogens (tertiary/aromatic N) is 1. The maximum Gasteiger partial charge on any atom is 0.264 e. The van der Waals surface area contributed by atoms with Crippen LogP contribution in [-0.2, 0) is 4.79 Å². The lowest BCUT2D eigenvalue weighted by atomic mass is 10.2. The third kappa shape index (κ3) is 5.63. The normalized spacial score (nSPS) is 10.8. The first-order valence-corrected chi connectivity index (χ1v) is 11.2. The Balaban J connectivity index is 1.33. The number of carbonyl (C=O) groups is 1. The van der Waals surface area contributed by atoms with Crippen molar-refractivity contribution in [2.24, 2.45) is 0 Å². The molecule has 0 unspecified atom stereocenters. The Hall–Kier alpha value is -3.13. The highest BCUT2D eigenvalue weighted by molar-refractivity contribution is 7.80. The van der Waals surface area contributed by atoms with E-state index in [1.807, 2.05) is 50.2 Å². The lowest BCUT2D eigenvalue weighted by molar-refractivity contribution is -0.121. The van der Waals surface area contributed by atoms with E-state index < -0.39 is 0 Å². The van der Waals surface area contributed by atoms with Crippen LogP contribution in [0.5, 0.6) is 5.75 Å². The van der Waals surface area contributed by atoms with Crippen LogP contribution >= 0.6 is 35.4 Å². The van der Waals surface area contributed by atoms with Gasteiger partial charge < -0.3 is 15.0 Å². The summed E-state index contributed by atoms with van der Waals surface area (Å²) in [6.07, 6.45) is 0. The largest absolute Gasteiger partial charge is 0.484 e. The summed E-state index contributed by atoms with van der Waals surface area (Å²) in [5.41, 5.74) is 5.23. The SMILES string of the molecule is Cc1cc(OCC(=O)NC(=S)Nc2ccc(-c3nc4cc(Cl)c(C)cc4[nH]3)cc2)ccc1Cl. The molecule has 3 aromatic carbocycles. The number of amides is 1. The number of carbonyl (C=O) groups excluding carboxylic acids is 1. The van der Waals surface area contributed by atoms with Crippen molar-refractivity contribution in [1.29, 1.82) is 0 Å². The van der Waals surface area contributed by atoms with E-state index in [0.29, 0.717) is 15.8 Å².